The van der Waals surface area contributed by atoms with Crippen LogP contribution in [0.4, 0.5) is 0 Å². The Bertz CT molecular complexity index is 70.1. The fraction of sp³-hybridized carbons (Fsp3) is 0.500. The Balaban J connectivity index is 2.92. The molecule has 0 saturated heterocycles. The van der Waals surface area contributed by atoms with E-state index in [1.807, 2.05) is 0 Å². The van der Waals surface area contributed by atoms with Gasteiger partial charge in [-0.1, -0.05) is 5.16 Å². The first kappa shape index (κ1) is 6.14. The molecule has 0 aliphatic heterocycles. The van der Waals surface area contributed by atoms with Gasteiger partial charge in [0.05, 0.1) is 0 Å². The number of nitrogens with zero attached hydrogens (tertiary/aromatic N) is 1. The Morgan fingerprint density at radius 3 is 3.14 bits per heavy atom. The standard InChI is InChI=1S/C4H6NO2/c1-2-7-5-3-4-6/h3H,2H2,1H3/b5-3-. The molecule has 0 aliphatic carbocycles. The van der Waals surface area contributed by atoms with E-state index in [4.69, 9.17) is 0 Å². The molecule has 0 aliphatic rings. The van der Waals surface area contributed by atoms with Gasteiger partial charge in [0.25, 0.3) is 0 Å². The molecule has 0 heterocycles. The van der Waals surface area contributed by atoms with E-state index < -0.39 is 0 Å². The SMILES string of the molecule is CCO/N=C\[C]=O. The second-order valence-electron chi connectivity index (χ2n) is 0.770. The van der Waals surface area contributed by atoms with Crippen LogP contribution in [0.5, 0.6) is 0 Å². The monoisotopic (exact) mass is 100 g/mol. The lowest BCUT2D eigenvalue weighted by Crippen LogP contribution is -1.79. The minimum Gasteiger partial charge on any atom is -0.396 e. The highest BCUT2D eigenvalue weighted by molar-refractivity contribution is 6.13. The zero-order chi connectivity index (χ0) is 5.54. The third kappa shape index (κ3) is 5.14. The first-order valence-electron chi connectivity index (χ1n) is 1.93. The summed E-state index contributed by atoms with van der Waals surface area (Å²) in [5, 5.41) is 3.16. The highest BCUT2D eigenvalue weighted by Crippen LogP contribution is 1.67. The van der Waals surface area contributed by atoms with Gasteiger partial charge >= 0.3 is 0 Å². The van der Waals surface area contributed by atoms with E-state index in [0.29, 0.717) is 6.61 Å². The molecule has 0 bridgehead atoms. The van der Waals surface area contributed by atoms with E-state index in [1.54, 1.807) is 6.92 Å². The largest absolute Gasteiger partial charge is 0.396 e. The molecule has 0 unspecified atom stereocenters. The van der Waals surface area contributed by atoms with Crippen molar-refractivity contribution < 1.29 is 9.63 Å². The van der Waals surface area contributed by atoms with Crippen molar-refractivity contribution in [3.63, 3.8) is 0 Å². The van der Waals surface area contributed by atoms with Crippen molar-refractivity contribution in [1.29, 1.82) is 0 Å². The molecular weight excluding hydrogens is 94.0 g/mol. The van der Waals surface area contributed by atoms with Crippen molar-refractivity contribution >= 4 is 12.5 Å². The van der Waals surface area contributed by atoms with Crippen molar-refractivity contribution in [2.75, 3.05) is 6.61 Å². The van der Waals surface area contributed by atoms with Gasteiger partial charge in [0.15, 0.2) is 0 Å². The second-order valence-corrected chi connectivity index (χ2v) is 0.770. The van der Waals surface area contributed by atoms with E-state index in [-0.39, 0.29) is 0 Å². The minimum atomic E-state index is 0.484. The summed E-state index contributed by atoms with van der Waals surface area (Å²) < 4.78 is 0. The van der Waals surface area contributed by atoms with Crippen LogP contribution in [0.3, 0.4) is 0 Å². The van der Waals surface area contributed by atoms with Crippen LogP contribution < -0.4 is 0 Å². The third-order valence-corrected chi connectivity index (χ3v) is 0.309. The molecule has 0 saturated carbocycles. The molecule has 0 N–H and O–H groups in total. The third-order valence-electron chi connectivity index (χ3n) is 0.309. The van der Waals surface area contributed by atoms with Crippen LogP contribution in [-0.4, -0.2) is 19.1 Å². The topological polar surface area (TPSA) is 38.7 Å². The molecule has 0 rings (SSSR count). The van der Waals surface area contributed by atoms with Crippen LogP contribution in [-0.2, 0) is 9.63 Å². The Hall–Kier alpha value is -0.860. The number of hydrogen-bond acceptors (Lipinski definition) is 3. The zero-order valence-electron chi connectivity index (χ0n) is 4.05. The predicted molar refractivity (Wildman–Crippen MR) is 25.8 cm³/mol. The van der Waals surface area contributed by atoms with Crippen LogP contribution in [0.25, 0.3) is 0 Å². The number of rotatable bonds is 3. The minimum absolute atomic E-state index is 0.484. The maximum absolute atomic E-state index is 9.33. The van der Waals surface area contributed by atoms with Gasteiger partial charge in [0, 0.05) is 0 Å². The van der Waals surface area contributed by atoms with Gasteiger partial charge in [-0.3, -0.25) is 4.79 Å². The van der Waals surface area contributed by atoms with Crippen molar-refractivity contribution in [2.24, 2.45) is 5.16 Å². The molecule has 3 nitrogen and oxygen atoms in total. The summed E-state index contributed by atoms with van der Waals surface area (Å²) >= 11 is 0. The summed E-state index contributed by atoms with van der Waals surface area (Å²) in [5.41, 5.74) is 0. The fourth-order valence-corrected chi connectivity index (χ4v) is 0.133. The molecule has 39 valence electrons. The summed E-state index contributed by atoms with van der Waals surface area (Å²) in [5.74, 6) is 0. The predicted octanol–water partition coefficient (Wildman–Crippen LogP) is 0.118. The van der Waals surface area contributed by atoms with Crippen molar-refractivity contribution in [3.05, 3.63) is 0 Å². The maximum Gasteiger partial charge on any atom is 0.248 e. The number of hydrogen-bond donors (Lipinski definition) is 0. The quantitative estimate of drug-likeness (QED) is 0.373. The normalized spacial score (nSPS) is 9.29. The van der Waals surface area contributed by atoms with E-state index in [2.05, 4.69) is 9.99 Å². The summed E-state index contributed by atoms with van der Waals surface area (Å²) in [6, 6.07) is 0. The van der Waals surface area contributed by atoms with E-state index >= 15 is 0 Å². The maximum atomic E-state index is 9.33. The van der Waals surface area contributed by atoms with Crippen molar-refractivity contribution in [3.8, 4) is 0 Å². The summed E-state index contributed by atoms with van der Waals surface area (Å²) in [4.78, 5) is 13.7. The molecule has 0 aromatic rings. The van der Waals surface area contributed by atoms with Crippen LogP contribution in [0.1, 0.15) is 6.92 Å². The molecule has 0 spiro atoms. The molecule has 0 aromatic heterocycles. The van der Waals surface area contributed by atoms with Gasteiger partial charge < -0.3 is 4.84 Å². The zero-order valence-corrected chi connectivity index (χ0v) is 4.05. The molecule has 0 amide bonds. The molecule has 0 atom stereocenters. The Labute approximate surface area is 42.0 Å². The molecule has 0 aromatic carbocycles. The lowest BCUT2D eigenvalue weighted by molar-refractivity contribution is 0.161. The van der Waals surface area contributed by atoms with Gasteiger partial charge in [-0.15, -0.1) is 0 Å². The van der Waals surface area contributed by atoms with E-state index in [1.165, 1.54) is 6.29 Å². The smallest absolute Gasteiger partial charge is 0.248 e. The van der Waals surface area contributed by atoms with Crippen LogP contribution in [0.15, 0.2) is 5.16 Å². The molecule has 3 heteroatoms. The van der Waals surface area contributed by atoms with Gasteiger partial charge in [0.1, 0.15) is 12.8 Å². The Morgan fingerprint density at radius 1 is 2.00 bits per heavy atom. The van der Waals surface area contributed by atoms with Gasteiger partial charge in [-0.2, -0.15) is 0 Å². The average Bonchev–Trinajstić information content (AvgIpc) is 1.69. The molecule has 7 heavy (non-hydrogen) atoms. The van der Waals surface area contributed by atoms with E-state index in [9.17, 15) is 4.79 Å². The van der Waals surface area contributed by atoms with Crippen molar-refractivity contribution in [1.82, 2.24) is 0 Å². The first-order valence-corrected chi connectivity index (χ1v) is 1.93. The lowest BCUT2D eigenvalue weighted by Gasteiger charge is -1.83. The highest BCUT2D eigenvalue weighted by atomic mass is 16.6. The molecule has 0 fully saturated rings. The Kier molecular flexibility index (Phi) is 4.51. The molecular formula is C4H6NO2. The van der Waals surface area contributed by atoms with Crippen LogP contribution >= 0.6 is 0 Å². The summed E-state index contributed by atoms with van der Waals surface area (Å²) in [6.07, 6.45) is 2.37. The average molecular weight is 100 g/mol. The van der Waals surface area contributed by atoms with Gasteiger partial charge in [0.2, 0.25) is 6.29 Å². The van der Waals surface area contributed by atoms with Crippen LogP contribution in [0, 0.1) is 0 Å². The lowest BCUT2D eigenvalue weighted by atomic mass is 10.9. The highest BCUT2D eigenvalue weighted by Gasteiger charge is 1.66. The van der Waals surface area contributed by atoms with Crippen molar-refractivity contribution in [2.45, 2.75) is 6.92 Å². The summed E-state index contributed by atoms with van der Waals surface area (Å²) in [6.45, 7) is 2.26. The van der Waals surface area contributed by atoms with Gasteiger partial charge in [-0.25, -0.2) is 0 Å². The molecule has 1 radical (unpaired) electrons. The second kappa shape index (κ2) is 5.14. The number of carbonyl (C=O) groups excluding carboxylic acids is 1. The van der Waals surface area contributed by atoms with Crippen LogP contribution in [0.2, 0.25) is 0 Å². The number of oxime groups is 1. The fourth-order valence-electron chi connectivity index (χ4n) is 0.133. The summed E-state index contributed by atoms with van der Waals surface area (Å²) in [7, 11) is 0. The first-order chi connectivity index (χ1) is 3.41. The van der Waals surface area contributed by atoms with Gasteiger partial charge in [-0.05, 0) is 6.92 Å². The van der Waals surface area contributed by atoms with E-state index in [0.717, 1.165) is 6.21 Å². The Morgan fingerprint density at radius 2 is 2.71 bits per heavy atom.